The quantitative estimate of drug-likeness (QED) is 0.445. The summed E-state index contributed by atoms with van der Waals surface area (Å²) in [5.41, 5.74) is 9.81. The molecule has 0 saturated carbocycles. The largest absolute Gasteiger partial charge is 0.447 e. The van der Waals surface area contributed by atoms with Gasteiger partial charge in [0.2, 0.25) is 5.91 Å². The maximum Gasteiger partial charge on any atom is 0.410 e. The monoisotopic (exact) mass is 472 g/mol. The first-order chi connectivity index (χ1) is 16.0. The Morgan fingerprint density at radius 2 is 2.06 bits per heavy atom. The van der Waals surface area contributed by atoms with Crippen LogP contribution >= 0.6 is 0 Å². The minimum atomic E-state index is -0.325. The van der Waals surface area contributed by atoms with Crippen molar-refractivity contribution in [2.45, 2.75) is 59.7 Å². The topological polar surface area (TPSA) is 133 Å². The van der Waals surface area contributed by atoms with Crippen LogP contribution < -0.4 is 11.1 Å². The summed E-state index contributed by atoms with van der Waals surface area (Å²) in [6, 6.07) is 4.00. The Balaban J connectivity index is 1.66. The number of amidine groups is 1. The molecule has 186 valence electrons. The summed E-state index contributed by atoms with van der Waals surface area (Å²) in [6.07, 6.45) is -0.172. The van der Waals surface area contributed by atoms with Crippen LogP contribution in [-0.4, -0.2) is 72.0 Å². The van der Waals surface area contributed by atoms with Gasteiger partial charge in [-0.2, -0.15) is 4.99 Å². The number of carbonyl (C=O) groups is 2. The van der Waals surface area contributed by atoms with E-state index in [-0.39, 0.29) is 48.4 Å². The highest BCUT2D eigenvalue weighted by Gasteiger charge is 2.29. The van der Waals surface area contributed by atoms with Gasteiger partial charge in [0.05, 0.1) is 17.7 Å². The van der Waals surface area contributed by atoms with Gasteiger partial charge in [-0.3, -0.25) is 15.1 Å². The summed E-state index contributed by atoms with van der Waals surface area (Å²) in [6.45, 7) is 12.9. The van der Waals surface area contributed by atoms with Crippen LogP contribution in [0, 0.1) is 25.2 Å². The molecule has 0 bridgehead atoms. The summed E-state index contributed by atoms with van der Waals surface area (Å²) >= 11 is 0. The van der Waals surface area contributed by atoms with E-state index in [9.17, 15) is 9.59 Å². The van der Waals surface area contributed by atoms with Crippen molar-refractivity contribution in [3.05, 3.63) is 28.8 Å². The predicted octanol–water partition coefficient (Wildman–Crippen LogP) is 2.43. The molecular formula is C24H36N6O4. The van der Waals surface area contributed by atoms with Gasteiger partial charge in [0.1, 0.15) is 0 Å². The molecule has 0 spiro atoms. The highest BCUT2D eigenvalue weighted by atomic mass is 16.6. The number of ether oxygens (including phenoxy) is 2. The Hall–Kier alpha value is -3.14. The molecule has 2 fully saturated rings. The molecule has 10 nitrogen and oxygen atoms in total. The van der Waals surface area contributed by atoms with Crippen LogP contribution in [0.4, 0.5) is 10.5 Å². The smallest absolute Gasteiger partial charge is 0.410 e. The molecule has 1 unspecified atom stereocenters. The number of rotatable bonds is 5. The van der Waals surface area contributed by atoms with E-state index in [1.807, 2.05) is 40.7 Å². The van der Waals surface area contributed by atoms with Crippen molar-refractivity contribution in [3.8, 4) is 0 Å². The minimum absolute atomic E-state index is 0.0506. The third-order valence-electron chi connectivity index (χ3n) is 6.10. The molecule has 4 N–H and O–H groups in total. The lowest BCUT2D eigenvalue weighted by Gasteiger charge is -2.39. The Bertz CT molecular complexity index is 976. The number of benzene rings is 1. The first-order valence-corrected chi connectivity index (χ1v) is 11.7. The fourth-order valence-corrected chi connectivity index (χ4v) is 4.28. The van der Waals surface area contributed by atoms with E-state index in [1.54, 1.807) is 4.90 Å². The zero-order valence-corrected chi connectivity index (χ0v) is 20.7. The molecule has 1 aromatic carbocycles. The number of aryl methyl sites for hydroxylation is 1. The van der Waals surface area contributed by atoms with Gasteiger partial charge in [-0.15, -0.1) is 0 Å². The lowest BCUT2D eigenvalue weighted by molar-refractivity contribution is -0.119. The van der Waals surface area contributed by atoms with Gasteiger partial charge in [-0.25, -0.2) is 4.79 Å². The minimum Gasteiger partial charge on any atom is -0.447 e. The van der Waals surface area contributed by atoms with E-state index in [2.05, 4.69) is 21.3 Å². The van der Waals surface area contributed by atoms with Gasteiger partial charge < -0.3 is 25.4 Å². The molecule has 2 heterocycles. The average molecular weight is 473 g/mol. The maximum absolute atomic E-state index is 12.3. The van der Waals surface area contributed by atoms with Crippen LogP contribution in [-0.2, 0) is 20.8 Å². The number of aliphatic imine (C=N–C) groups is 1. The molecule has 2 atom stereocenters. The lowest BCUT2D eigenvalue weighted by atomic mass is 10.0. The predicted molar refractivity (Wildman–Crippen MR) is 130 cm³/mol. The van der Waals surface area contributed by atoms with Gasteiger partial charge in [0.25, 0.3) is 6.02 Å². The van der Waals surface area contributed by atoms with E-state index in [4.69, 9.17) is 20.6 Å². The zero-order chi connectivity index (χ0) is 25.0. The van der Waals surface area contributed by atoms with Crippen LogP contribution in [0.5, 0.6) is 0 Å². The van der Waals surface area contributed by atoms with Crippen molar-refractivity contribution in [2.24, 2.45) is 16.6 Å². The molecule has 2 aliphatic rings. The van der Waals surface area contributed by atoms with Crippen molar-refractivity contribution < 1.29 is 19.1 Å². The first kappa shape index (κ1) is 25.5. The third kappa shape index (κ3) is 6.47. The number of amides is 2. The van der Waals surface area contributed by atoms with Gasteiger partial charge in [0, 0.05) is 45.2 Å². The number of carbonyl (C=O) groups excluding carboxylic acids is 2. The van der Waals surface area contributed by atoms with E-state index in [0.29, 0.717) is 18.8 Å². The Kier molecular flexibility index (Phi) is 8.14. The molecule has 10 heteroatoms. The Labute approximate surface area is 201 Å². The van der Waals surface area contributed by atoms with Gasteiger partial charge in [0.15, 0.2) is 5.90 Å². The third-order valence-corrected chi connectivity index (χ3v) is 6.10. The first-order valence-electron chi connectivity index (χ1n) is 11.7. The van der Waals surface area contributed by atoms with Crippen molar-refractivity contribution in [1.82, 2.24) is 15.1 Å². The molecule has 3 rings (SSSR count). The second kappa shape index (κ2) is 10.9. The number of nitrogens with zero attached hydrogens (tertiary/aromatic N) is 3. The van der Waals surface area contributed by atoms with E-state index in [0.717, 1.165) is 36.3 Å². The summed E-state index contributed by atoms with van der Waals surface area (Å²) in [5, 5.41) is 10.7. The average Bonchev–Trinajstić information content (AvgIpc) is 3.17. The Morgan fingerprint density at radius 3 is 2.68 bits per heavy atom. The van der Waals surface area contributed by atoms with Gasteiger partial charge in [-0.1, -0.05) is 6.07 Å². The van der Waals surface area contributed by atoms with Crippen LogP contribution in [0.3, 0.4) is 0 Å². The molecule has 2 amide bonds. The number of piperazine rings is 1. The standard InChI is InChI=1S/C24H36N6O4/c1-14(2)33-24(32)30-7-6-29(12-16(30)4)13-19-8-15(3)9-20(17(19)5)28-23(26)34-22(25)18-10-21(31)27-11-18/h8-9,14,16,18,25H,6-7,10-13H2,1-5H3,(H2,26,28)(H,27,31)/t16-,18?/m0/s1. The van der Waals surface area contributed by atoms with E-state index in [1.165, 1.54) is 0 Å². The fraction of sp³-hybridized carbons (Fsp3) is 0.583. The molecule has 0 aliphatic carbocycles. The molecule has 1 aromatic rings. The lowest BCUT2D eigenvalue weighted by Crippen LogP contribution is -2.54. The van der Waals surface area contributed by atoms with Crippen molar-refractivity contribution in [2.75, 3.05) is 26.2 Å². The maximum atomic E-state index is 12.3. The highest BCUT2D eigenvalue weighted by molar-refractivity contribution is 5.94. The Morgan fingerprint density at radius 1 is 1.32 bits per heavy atom. The van der Waals surface area contributed by atoms with Crippen LogP contribution in [0.25, 0.3) is 0 Å². The van der Waals surface area contributed by atoms with Crippen molar-refractivity contribution in [3.63, 3.8) is 0 Å². The highest BCUT2D eigenvalue weighted by Crippen LogP contribution is 2.27. The van der Waals surface area contributed by atoms with Crippen LogP contribution in [0.1, 0.15) is 43.9 Å². The van der Waals surface area contributed by atoms with Crippen LogP contribution in [0.15, 0.2) is 17.1 Å². The second-order valence-electron chi connectivity index (χ2n) is 9.40. The second-order valence-corrected chi connectivity index (χ2v) is 9.40. The van der Waals surface area contributed by atoms with Crippen molar-refractivity contribution >= 4 is 29.6 Å². The van der Waals surface area contributed by atoms with Gasteiger partial charge >= 0.3 is 6.09 Å². The van der Waals surface area contributed by atoms with Crippen LogP contribution in [0.2, 0.25) is 0 Å². The zero-order valence-electron chi connectivity index (χ0n) is 20.7. The summed E-state index contributed by atoms with van der Waals surface area (Å²) in [5.74, 6) is -0.484. The summed E-state index contributed by atoms with van der Waals surface area (Å²) in [7, 11) is 0. The summed E-state index contributed by atoms with van der Waals surface area (Å²) in [4.78, 5) is 32.2. The molecule has 2 aliphatic heterocycles. The molecule has 0 aromatic heterocycles. The SMILES string of the molecule is Cc1cc(CN2CCN(C(=O)OC(C)C)[C@@H](C)C2)c(C)c(N=C(N)OC(=N)C2CNC(=O)C2)c1. The van der Waals surface area contributed by atoms with E-state index >= 15 is 0 Å². The summed E-state index contributed by atoms with van der Waals surface area (Å²) < 4.78 is 10.8. The molecule has 2 saturated heterocycles. The number of nitrogens with two attached hydrogens (primary N) is 1. The number of hydrogen-bond acceptors (Lipinski definition) is 7. The molecule has 0 radical (unpaired) electrons. The van der Waals surface area contributed by atoms with Crippen molar-refractivity contribution in [1.29, 1.82) is 5.41 Å². The molecular weight excluding hydrogens is 436 g/mol. The molecule has 34 heavy (non-hydrogen) atoms. The fourth-order valence-electron chi connectivity index (χ4n) is 4.28. The number of nitrogens with one attached hydrogen (secondary N) is 2. The van der Waals surface area contributed by atoms with Gasteiger partial charge in [-0.05, 0) is 57.4 Å². The number of hydrogen-bond donors (Lipinski definition) is 3. The van der Waals surface area contributed by atoms with E-state index < -0.39 is 0 Å². The normalized spacial score (nSPS) is 21.5.